The maximum Gasteiger partial charge on any atom is 0.268 e. The Morgan fingerprint density at radius 2 is 1.77 bits per heavy atom. The third-order valence-electron chi connectivity index (χ3n) is 3.45. The van der Waals surface area contributed by atoms with Gasteiger partial charge in [-0.1, -0.05) is 42.5 Å². The summed E-state index contributed by atoms with van der Waals surface area (Å²) in [6.45, 7) is 6.26. The van der Waals surface area contributed by atoms with E-state index in [1.54, 1.807) is 36.4 Å². The molecule has 0 heterocycles. The molecule has 2 amide bonds. The zero-order valence-electron chi connectivity index (χ0n) is 14.7. The standard InChI is InChI=1S/C21H22N2O3/c1-3-14-22-21(25)18(23-20(24)16-10-6-5-7-11-16)15-17-12-8-9-13-19(17)26-4-2/h3,5-13,15H,1,4,14H2,2H3,(H,22,25)(H,23,24)/b18-15-. The molecule has 2 rings (SSSR count). The van der Waals surface area contributed by atoms with Crippen molar-refractivity contribution in [1.82, 2.24) is 10.6 Å². The quantitative estimate of drug-likeness (QED) is 0.568. The molecule has 0 bridgehead atoms. The molecule has 2 N–H and O–H groups in total. The molecule has 0 aromatic heterocycles. The summed E-state index contributed by atoms with van der Waals surface area (Å²) in [5.41, 5.74) is 1.30. The van der Waals surface area contributed by atoms with E-state index in [-0.39, 0.29) is 11.6 Å². The van der Waals surface area contributed by atoms with Crippen molar-refractivity contribution in [2.75, 3.05) is 13.2 Å². The van der Waals surface area contributed by atoms with Gasteiger partial charge in [0.2, 0.25) is 0 Å². The van der Waals surface area contributed by atoms with Gasteiger partial charge in [0.1, 0.15) is 11.4 Å². The number of carbonyl (C=O) groups excluding carboxylic acids is 2. The maximum atomic E-state index is 12.5. The minimum atomic E-state index is -0.402. The van der Waals surface area contributed by atoms with E-state index < -0.39 is 5.91 Å². The lowest BCUT2D eigenvalue weighted by Crippen LogP contribution is -2.34. The van der Waals surface area contributed by atoms with Crippen molar-refractivity contribution in [2.24, 2.45) is 0 Å². The summed E-state index contributed by atoms with van der Waals surface area (Å²) in [5, 5.41) is 5.36. The van der Waals surface area contributed by atoms with Gasteiger partial charge in [-0.25, -0.2) is 0 Å². The number of amides is 2. The average molecular weight is 350 g/mol. The minimum Gasteiger partial charge on any atom is -0.493 e. The molecule has 0 radical (unpaired) electrons. The number of ether oxygens (including phenoxy) is 1. The van der Waals surface area contributed by atoms with Crippen molar-refractivity contribution >= 4 is 17.9 Å². The summed E-state index contributed by atoms with van der Waals surface area (Å²) in [6, 6.07) is 16.0. The smallest absolute Gasteiger partial charge is 0.268 e. The molecule has 0 aliphatic rings. The summed E-state index contributed by atoms with van der Waals surface area (Å²) in [7, 11) is 0. The number of hydrogen-bond donors (Lipinski definition) is 2. The molecule has 26 heavy (non-hydrogen) atoms. The number of para-hydroxylation sites is 1. The summed E-state index contributed by atoms with van der Waals surface area (Å²) >= 11 is 0. The molecule has 134 valence electrons. The highest BCUT2D eigenvalue weighted by molar-refractivity contribution is 6.05. The van der Waals surface area contributed by atoms with Gasteiger partial charge in [0, 0.05) is 17.7 Å². The SMILES string of the molecule is C=CCNC(=O)/C(=C/c1ccccc1OCC)NC(=O)c1ccccc1. The molecule has 0 atom stereocenters. The van der Waals surface area contributed by atoms with Crippen molar-refractivity contribution in [1.29, 1.82) is 0 Å². The Bertz CT molecular complexity index is 798. The van der Waals surface area contributed by atoms with E-state index in [2.05, 4.69) is 17.2 Å². The normalized spacial score (nSPS) is 10.7. The number of benzene rings is 2. The molecule has 5 nitrogen and oxygen atoms in total. The topological polar surface area (TPSA) is 67.4 Å². The Hall–Kier alpha value is -3.34. The first-order chi connectivity index (χ1) is 12.7. The molecule has 0 unspecified atom stereocenters. The number of nitrogens with one attached hydrogen (secondary N) is 2. The second kappa shape index (κ2) is 9.84. The van der Waals surface area contributed by atoms with Crippen LogP contribution in [0.1, 0.15) is 22.8 Å². The van der Waals surface area contributed by atoms with E-state index in [1.165, 1.54) is 0 Å². The van der Waals surface area contributed by atoms with Crippen LogP contribution in [0.5, 0.6) is 5.75 Å². The third kappa shape index (κ3) is 5.34. The highest BCUT2D eigenvalue weighted by Gasteiger charge is 2.15. The highest BCUT2D eigenvalue weighted by Crippen LogP contribution is 2.20. The largest absolute Gasteiger partial charge is 0.493 e. The van der Waals surface area contributed by atoms with E-state index in [0.29, 0.717) is 30.0 Å². The predicted molar refractivity (Wildman–Crippen MR) is 103 cm³/mol. The second-order valence-electron chi connectivity index (χ2n) is 5.35. The van der Waals surface area contributed by atoms with Crippen LogP contribution in [0, 0.1) is 0 Å². The Morgan fingerprint density at radius 1 is 1.08 bits per heavy atom. The van der Waals surface area contributed by atoms with Crippen LogP contribution >= 0.6 is 0 Å². The van der Waals surface area contributed by atoms with Gasteiger partial charge in [-0.3, -0.25) is 9.59 Å². The number of hydrogen-bond acceptors (Lipinski definition) is 3. The van der Waals surface area contributed by atoms with Crippen LogP contribution < -0.4 is 15.4 Å². The van der Waals surface area contributed by atoms with Crippen molar-refractivity contribution in [2.45, 2.75) is 6.92 Å². The van der Waals surface area contributed by atoms with Gasteiger partial charge in [-0.2, -0.15) is 0 Å². The van der Waals surface area contributed by atoms with Gasteiger partial charge < -0.3 is 15.4 Å². The molecule has 0 saturated heterocycles. The van der Waals surface area contributed by atoms with Gasteiger partial charge in [-0.15, -0.1) is 6.58 Å². The first kappa shape index (κ1) is 19.0. The van der Waals surface area contributed by atoms with Gasteiger partial charge in [-0.05, 0) is 31.2 Å². The molecule has 0 aliphatic heterocycles. The summed E-state index contributed by atoms with van der Waals surface area (Å²) in [4.78, 5) is 24.9. The van der Waals surface area contributed by atoms with Crippen LogP contribution in [0.15, 0.2) is 72.9 Å². The van der Waals surface area contributed by atoms with Crippen LogP contribution in [0.2, 0.25) is 0 Å². The number of rotatable bonds is 8. The molecule has 2 aromatic rings. The molecule has 5 heteroatoms. The minimum absolute atomic E-state index is 0.132. The first-order valence-electron chi connectivity index (χ1n) is 8.34. The lowest BCUT2D eigenvalue weighted by Gasteiger charge is -2.12. The van der Waals surface area contributed by atoms with Crippen LogP contribution in [0.3, 0.4) is 0 Å². The van der Waals surface area contributed by atoms with E-state index in [0.717, 1.165) is 0 Å². The van der Waals surface area contributed by atoms with E-state index in [9.17, 15) is 9.59 Å². The molecule has 0 fully saturated rings. The van der Waals surface area contributed by atoms with E-state index >= 15 is 0 Å². The van der Waals surface area contributed by atoms with Crippen LogP contribution in [-0.4, -0.2) is 25.0 Å². The Labute approximate surface area is 153 Å². The number of carbonyl (C=O) groups is 2. The Balaban J connectivity index is 2.33. The van der Waals surface area contributed by atoms with Gasteiger partial charge in [0.05, 0.1) is 6.61 Å². The first-order valence-corrected chi connectivity index (χ1v) is 8.34. The molecule has 0 aliphatic carbocycles. The summed E-state index contributed by atoms with van der Waals surface area (Å²) in [6.07, 6.45) is 3.17. The average Bonchev–Trinajstić information content (AvgIpc) is 2.67. The molecule has 0 saturated carbocycles. The van der Waals surface area contributed by atoms with Crippen LogP contribution in [-0.2, 0) is 4.79 Å². The third-order valence-corrected chi connectivity index (χ3v) is 3.45. The van der Waals surface area contributed by atoms with Gasteiger partial charge >= 0.3 is 0 Å². The molecular formula is C21H22N2O3. The molecular weight excluding hydrogens is 328 g/mol. The van der Waals surface area contributed by atoms with E-state index in [1.807, 2.05) is 37.3 Å². The lowest BCUT2D eigenvalue weighted by molar-refractivity contribution is -0.117. The van der Waals surface area contributed by atoms with Crippen molar-refractivity contribution in [3.63, 3.8) is 0 Å². The van der Waals surface area contributed by atoms with Crippen LogP contribution in [0.4, 0.5) is 0 Å². The van der Waals surface area contributed by atoms with Crippen molar-refractivity contribution in [3.8, 4) is 5.75 Å². The monoisotopic (exact) mass is 350 g/mol. The Kier molecular flexibility index (Phi) is 7.18. The fraction of sp³-hybridized carbons (Fsp3) is 0.143. The Morgan fingerprint density at radius 3 is 2.46 bits per heavy atom. The van der Waals surface area contributed by atoms with Crippen molar-refractivity contribution < 1.29 is 14.3 Å². The summed E-state index contributed by atoms with van der Waals surface area (Å²) in [5.74, 6) is -0.127. The fourth-order valence-corrected chi connectivity index (χ4v) is 2.24. The van der Waals surface area contributed by atoms with Crippen molar-refractivity contribution in [3.05, 3.63) is 84.1 Å². The zero-order chi connectivity index (χ0) is 18.8. The molecule has 0 spiro atoms. The van der Waals surface area contributed by atoms with Gasteiger partial charge in [0.15, 0.2) is 0 Å². The van der Waals surface area contributed by atoms with Gasteiger partial charge in [0.25, 0.3) is 11.8 Å². The second-order valence-corrected chi connectivity index (χ2v) is 5.35. The predicted octanol–water partition coefficient (Wildman–Crippen LogP) is 3.16. The molecule has 2 aromatic carbocycles. The zero-order valence-corrected chi connectivity index (χ0v) is 14.7. The maximum absolute atomic E-state index is 12.5. The van der Waals surface area contributed by atoms with Crippen LogP contribution in [0.25, 0.3) is 6.08 Å². The fourth-order valence-electron chi connectivity index (χ4n) is 2.24. The lowest BCUT2D eigenvalue weighted by atomic mass is 10.1. The van der Waals surface area contributed by atoms with E-state index in [4.69, 9.17) is 4.74 Å². The highest BCUT2D eigenvalue weighted by atomic mass is 16.5. The summed E-state index contributed by atoms with van der Waals surface area (Å²) < 4.78 is 5.58.